The van der Waals surface area contributed by atoms with Gasteiger partial charge in [-0.2, -0.15) is 0 Å². The van der Waals surface area contributed by atoms with Gasteiger partial charge >= 0.3 is 5.97 Å². The van der Waals surface area contributed by atoms with Gasteiger partial charge < -0.3 is 10.1 Å². The monoisotopic (exact) mass is 241 g/mol. The van der Waals surface area contributed by atoms with E-state index in [1.165, 1.54) is 20.0 Å². The zero-order chi connectivity index (χ0) is 12.9. The van der Waals surface area contributed by atoms with Gasteiger partial charge in [-0.15, -0.1) is 0 Å². The highest BCUT2D eigenvalue weighted by atomic mass is 16.5. The lowest BCUT2D eigenvalue weighted by atomic mass is 9.91. The summed E-state index contributed by atoms with van der Waals surface area (Å²) in [7, 11) is 1.31. The van der Waals surface area contributed by atoms with Gasteiger partial charge in [0.1, 0.15) is 5.41 Å². The van der Waals surface area contributed by atoms with Crippen LogP contribution in [0, 0.1) is 5.41 Å². The van der Waals surface area contributed by atoms with E-state index in [-0.39, 0.29) is 11.9 Å². The Bertz CT molecular complexity index is 278. The molecular formula is C13H23NO3. The molecule has 4 nitrogen and oxygen atoms in total. The molecule has 0 radical (unpaired) electrons. The molecule has 4 heteroatoms. The minimum atomic E-state index is -1.10. The van der Waals surface area contributed by atoms with Crippen LogP contribution in [0.3, 0.4) is 0 Å². The largest absolute Gasteiger partial charge is 0.468 e. The van der Waals surface area contributed by atoms with Crippen molar-refractivity contribution in [3.05, 3.63) is 0 Å². The molecule has 0 aromatic carbocycles. The van der Waals surface area contributed by atoms with Gasteiger partial charge in [-0.25, -0.2) is 0 Å². The predicted molar refractivity (Wildman–Crippen MR) is 65.4 cm³/mol. The summed E-state index contributed by atoms with van der Waals surface area (Å²) in [6.07, 6.45) is 6.83. The third-order valence-corrected chi connectivity index (χ3v) is 3.45. The molecule has 98 valence electrons. The molecule has 1 N–H and O–H groups in total. The molecule has 1 aliphatic carbocycles. The molecule has 0 aromatic heterocycles. The molecule has 17 heavy (non-hydrogen) atoms. The van der Waals surface area contributed by atoms with Crippen LogP contribution in [0.2, 0.25) is 0 Å². The standard InChI is InChI=1S/C13H23NO3/c1-13(2,12(16)17-3)11(15)14-10-8-6-4-5-7-9-10/h10H,4-9H2,1-3H3,(H,14,15). The molecule has 1 amide bonds. The summed E-state index contributed by atoms with van der Waals surface area (Å²) in [5, 5.41) is 2.97. The Labute approximate surface area is 103 Å². The third-order valence-electron chi connectivity index (χ3n) is 3.45. The summed E-state index contributed by atoms with van der Waals surface area (Å²) >= 11 is 0. The summed E-state index contributed by atoms with van der Waals surface area (Å²) < 4.78 is 4.65. The molecule has 0 saturated heterocycles. The molecule has 1 fully saturated rings. The van der Waals surface area contributed by atoms with E-state index in [1.54, 1.807) is 13.8 Å². The second kappa shape index (κ2) is 6.03. The van der Waals surface area contributed by atoms with Gasteiger partial charge in [0.2, 0.25) is 5.91 Å². The molecule has 0 aliphatic heterocycles. The number of methoxy groups -OCH3 is 1. The minimum Gasteiger partial charge on any atom is -0.468 e. The summed E-state index contributed by atoms with van der Waals surface area (Å²) in [5.74, 6) is -0.708. The highest BCUT2D eigenvalue weighted by Gasteiger charge is 2.38. The van der Waals surface area contributed by atoms with Gasteiger partial charge in [0.05, 0.1) is 7.11 Å². The van der Waals surface area contributed by atoms with Crippen molar-refractivity contribution in [2.75, 3.05) is 7.11 Å². The maximum Gasteiger partial charge on any atom is 0.320 e. The molecule has 1 saturated carbocycles. The van der Waals surface area contributed by atoms with Crippen molar-refractivity contribution in [1.82, 2.24) is 5.32 Å². The van der Waals surface area contributed by atoms with Crippen molar-refractivity contribution in [2.45, 2.75) is 58.4 Å². The number of ether oxygens (including phenoxy) is 1. The van der Waals surface area contributed by atoms with E-state index >= 15 is 0 Å². The Balaban J connectivity index is 2.55. The van der Waals surface area contributed by atoms with Gasteiger partial charge in [-0.3, -0.25) is 9.59 Å². The number of amides is 1. The lowest BCUT2D eigenvalue weighted by Gasteiger charge is -2.24. The Morgan fingerprint density at radius 1 is 1.12 bits per heavy atom. The van der Waals surface area contributed by atoms with Crippen LogP contribution in [-0.4, -0.2) is 25.0 Å². The first-order valence-electron chi connectivity index (χ1n) is 6.38. The lowest BCUT2D eigenvalue weighted by molar-refractivity contribution is -0.156. The van der Waals surface area contributed by atoms with E-state index in [0.717, 1.165) is 25.7 Å². The van der Waals surface area contributed by atoms with E-state index in [4.69, 9.17) is 0 Å². The number of hydrogen-bond acceptors (Lipinski definition) is 3. The highest BCUT2D eigenvalue weighted by Crippen LogP contribution is 2.21. The third kappa shape index (κ3) is 3.72. The van der Waals surface area contributed by atoms with Gasteiger partial charge in [-0.05, 0) is 26.7 Å². The number of hydrogen-bond donors (Lipinski definition) is 1. The van der Waals surface area contributed by atoms with Crippen molar-refractivity contribution in [2.24, 2.45) is 5.41 Å². The second-order valence-corrected chi connectivity index (χ2v) is 5.28. The fourth-order valence-corrected chi connectivity index (χ4v) is 2.14. The SMILES string of the molecule is COC(=O)C(C)(C)C(=O)NC1CCCCCC1. The predicted octanol–water partition coefficient (Wildman–Crippen LogP) is 2.02. The maximum absolute atomic E-state index is 12.0. The maximum atomic E-state index is 12.0. The molecular weight excluding hydrogens is 218 g/mol. The Kier molecular flexibility index (Phi) is 4.97. The highest BCUT2D eigenvalue weighted by molar-refractivity contribution is 6.01. The normalized spacial score (nSPS) is 18.3. The number of carbonyl (C=O) groups excluding carboxylic acids is 2. The zero-order valence-electron chi connectivity index (χ0n) is 11.0. The van der Waals surface area contributed by atoms with Crippen LogP contribution >= 0.6 is 0 Å². The lowest BCUT2D eigenvalue weighted by Crippen LogP contribution is -2.47. The van der Waals surface area contributed by atoms with Crippen LogP contribution in [-0.2, 0) is 14.3 Å². The van der Waals surface area contributed by atoms with E-state index in [0.29, 0.717) is 0 Å². The fourth-order valence-electron chi connectivity index (χ4n) is 2.14. The van der Waals surface area contributed by atoms with Crippen LogP contribution < -0.4 is 5.32 Å². The molecule has 0 unspecified atom stereocenters. The van der Waals surface area contributed by atoms with Crippen LogP contribution in [0.15, 0.2) is 0 Å². The summed E-state index contributed by atoms with van der Waals surface area (Å²) in [6.45, 7) is 3.20. The average Bonchev–Trinajstić information content (AvgIpc) is 2.56. The number of carbonyl (C=O) groups is 2. The van der Waals surface area contributed by atoms with Crippen molar-refractivity contribution >= 4 is 11.9 Å². The van der Waals surface area contributed by atoms with Gasteiger partial charge in [0.25, 0.3) is 0 Å². The van der Waals surface area contributed by atoms with E-state index < -0.39 is 11.4 Å². The van der Waals surface area contributed by atoms with Gasteiger partial charge in [0.15, 0.2) is 0 Å². The smallest absolute Gasteiger partial charge is 0.320 e. The van der Waals surface area contributed by atoms with Crippen molar-refractivity contribution < 1.29 is 14.3 Å². The molecule has 0 spiro atoms. The van der Waals surface area contributed by atoms with Crippen molar-refractivity contribution in [1.29, 1.82) is 0 Å². The second-order valence-electron chi connectivity index (χ2n) is 5.28. The molecule has 0 atom stereocenters. The minimum absolute atomic E-state index is 0.217. The van der Waals surface area contributed by atoms with Crippen LogP contribution in [0.4, 0.5) is 0 Å². The Hall–Kier alpha value is -1.06. The number of nitrogens with one attached hydrogen (secondary N) is 1. The van der Waals surface area contributed by atoms with Gasteiger partial charge in [-0.1, -0.05) is 25.7 Å². The first kappa shape index (κ1) is 14.0. The zero-order valence-corrected chi connectivity index (χ0v) is 11.0. The first-order chi connectivity index (χ1) is 7.98. The molecule has 1 rings (SSSR count). The van der Waals surface area contributed by atoms with E-state index in [2.05, 4.69) is 10.1 Å². The fraction of sp³-hybridized carbons (Fsp3) is 0.846. The first-order valence-corrected chi connectivity index (χ1v) is 6.38. The summed E-state index contributed by atoms with van der Waals surface area (Å²) in [6, 6.07) is 0.217. The van der Waals surface area contributed by atoms with Crippen LogP contribution in [0.25, 0.3) is 0 Å². The number of rotatable bonds is 3. The average molecular weight is 241 g/mol. The Morgan fingerprint density at radius 3 is 2.12 bits per heavy atom. The molecule has 0 bridgehead atoms. The molecule has 1 aliphatic rings. The van der Waals surface area contributed by atoms with Crippen LogP contribution in [0.1, 0.15) is 52.4 Å². The number of esters is 1. The molecule has 0 aromatic rings. The topological polar surface area (TPSA) is 55.4 Å². The van der Waals surface area contributed by atoms with E-state index in [1.807, 2.05) is 0 Å². The summed E-state index contributed by atoms with van der Waals surface area (Å²) in [5.41, 5.74) is -1.10. The Morgan fingerprint density at radius 2 is 1.65 bits per heavy atom. The van der Waals surface area contributed by atoms with E-state index in [9.17, 15) is 9.59 Å². The van der Waals surface area contributed by atoms with Gasteiger partial charge in [0, 0.05) is 6.04 Å². The quantitative estimate of drug-likeness (QED) is 0.467. The summed E-state index contributed by atoms with van der Waals surface area (Å²) in [4.78, 5) is 23.5. The van der Waals surface area contributed by atoms with Crippen LogP contribution in [0.5, 0.6) is 0 Å². The van der Waals surface area contributed by atoms with Crippen molar-refractivity contribution in [3.63, 3.8) is 0 Å². The molecule has 0 heterocycles. The van der Waals surface area contributed by atoms with Crippen molar-refractivity contribution in [3.8, 4) is 0 Å².